The molecule has 0 spiro atoms. The molecule has 2 N–H and O–H groups in total. The minimum absolute atomic E-state index is 0.214. The molecule has 0 unspecified atom stereocenters. The lowest BCUT2D eigenvalue weighted by molar-refractivity contribution is 0.594. The highest BCUT2D eigenvalue weighted by Gasteiger charge is 2.15. The zero-order valence-corrected chi connectivity index (χ0v) is 9.77. The zero-order chi connectivity index (χ0) is 12.7. The predicted octanol–water partition coefficient (Wildman–Crippen LogP) is 3.52. The smallest absolute Gasteiger partial charge is 0.232 e. The van der Waals surface area contributed by atoms with Crippen molar-refractivity contribution in [2.24, 2.45) is 0 Å². The van der Waals surface area contributed by atoms with Crippen molar-refractivity contribution < 1.29 is 8.81 Å². The van der Waals surface area contributed by atoms with Crippen molar-refractivity contribution in [3.8, 4) is 11.5 Å². The molecule has 0 bridgehead atoms. The number of anilines is 1. The van der Waals surface area contributed by atoms with Crippen LogP contribution in [-0.2, 0) is 0 Å². The van der Waals surface area contributed by atoms with Crippen LogP contribution in [0.1, 0.15) is 5.56 Å². The first-order chi connectivity index (χ1) is 8.65. The van der Waals surface area contributed by atoms with Crippen LogP contribution in [-0.4, -0.2) is 4.98 Å². The summed E-state index contributed by atoms with van der Waals surface area (Å²) < 4.78 is 19.3. The Morgan fingerprint density at radius 1 is 1.22 bits per heavy atom. The third kappa shape index (κ3) is 1.62. The van der Waals surface area contributed by atoms with E-state index in [1.807, 2.05) is 25.1 Å². The number of nitrogens with zero attached hydrogens (tertiary/aromatic N) is 1. The topological polar surface area (TPSA) is 52.0 Å². The van der Waals surface area contributed by atoms with E-state index in [2.05, 4.69) is 4.98 Å². The van der Waals surface area contributed by atoms with Crippen LogP contribution in [0, 0.1) is 12.7 Å². The molecule has 0 atom stereocenters. The molecule has 1 heterocycles. The summed E-state index contributed by atoms with van der Waals surface area (Å²) in [4.78, 5) is 4.26. The number of oxazole rings is 1. The Labute approximate surface area is 103 Å². The molecule has 0 amide bonds. The van der Waals surface area contributed by atoms with Gasteiger partial charge in [0.15, 0.2) is 5.58 Å². The maximum absolute atomic E-state index is 13.8. The molecule has 3 rings (SSSR count). The molecule has 0 aliphatic carbocycles. The number of aromatic nitrogens is 1. The molecular weight excluding hydrogens is 231 g/mol. The second-order valence-corrected chi connectivity index (χ2v) is 4.19. The number of nitrogens with two attached hydrogens (primary N) is 1. The van der Waals surface area contributed by atoms with Crippen LogP contribution < -0.4 is 5.73 Å². The Kier molecular flexibility index (Phi) is 2.30. The van der Waals surface area contributed by atoms with Gasteiger partial charge in [-0.1, -0.05) is 12.1 Å². The average Bonchev–Trinajstić information content (AvgIpc) is 2.71. The summed E-state index contributed by atoms with van der Waals surface area (Å²) >= 11 is 0. The molecule has 0 saturated heterocycles. The van der Waals surface area contributed by atoms with Gasteiger partial charge in [-0.15, -0.1) is 0 Å². The van der Waals surface area contributed by atoms with Gasteiger partial charge in [-0.2, -0.15) is 0 Å². The predicted molar refractivity (Wildman–Crippen MR) is 68.6 cm³/mol. The van der Waals surface area contributed by atoms with Crippen molar-refractivity contribution >= 4 is 16.8 Å². The van der Waals surface area contributed by atoms with Crippen molar-refractivity contribution in [3.05, 3.63) is 47.8 Å². The van der Waals surface area contributed by atoms with Gasteiger partial charge in [0.1, 0.15) is 11.3 Å². The van der Waals surface area contributed by atoms with Crippen molar-refractivity contribution in [3.63, 3.8) is 0 Å². The van der Waals surface area contributed by atoms with Gasteiger partial charge in [0, 0.05) is 5.69 Å². The lowest BCUT2D eigenvalue weighted by Gasteiger charge is -2.01. The lowest BCUT2D eigenvalue weighted by Crippen LogP contribution is -1.93. The molecule has 90 valence electrons. The highest BCUT2D eigenvalue weighted by Crippen LogP contribution is 2.30. The number of benzene rings is 2. The van der Waals surface area contributed by atoms with E-state index in [0.717, 1.165) is 5.56 Å². The second kappa shape index (κ2) is 3.84. The van der Waals surface area contributed by atoms with E-state index in [-0.39, 0.29) is 11.5 Å². The average molecular weight is 242 g/mol. The summed E-state index contributed by atoms with van der Waals surface area (Å²) in [7, 11) is 0. The van der Waals surface area contributed by atoms with E-state index in [9.17, 15) is 4.39 Å². The number of aryl methyl sites for hydroxylation is 1. The summed E-state index contributed by atoms with van der Waals surface area (Å²) in [5, 5.41) is 0. The van der Waals surface area contributed by atoms with Crippen LogP contribution in [0.15, 0.2) is 40.8 Å². The molecule has 0 aliphatic heterocycles. The van der Waals surface area contributed by atoms with Gasteiger partial charge in [-0.05, 0) is 36.8 Å². The van der Waals surface area contributed by atoms with Crippen molar-refractivity contribution in [2.45, 2.75) is 6.92 Å². The van der Waals surface area contributed by atoms with Crippen molar-refractivity contribution in [1.82, 2.24) is 4.98 Å². The Morgan fingerprint density at radius 3 is 2.83 bits per heavy atom. The Morgan fingerprint density at radius 2 is 2.06 bits per heavy atom. The maximum atomic E-state index is 13.8. The number of hydrogen-bond donors (Lipinski definition) is 1. The molecule has 0 saturated carbocycles. The number of halogens is 1. The third-order valence-electron chi connectivity index (χ3n) is 2.80. The molecule has 2 aromatic carbocycles. The van der Waals surface area contributed by atoms with Gasteiger partial charge in [0.2, 0.25) is 5.89 Å². The maximum Gasteiger partial charge on any atom is 0.232 e. The summed E-state index contributed by atoms with van der Waals surface area (Å²) in [5.41, 5.74) is 8.68. The van der Waals surface area contributed by atoms with Crippen LogP contribution >= 0.6 is 0 Å². The van der Waals surface area contributed by atoms with E-state index in [1.165, 1.54) is 6.07 Å². The van der Waals surface area contributed by atoms with E-state index in [1.54, 1.807) is 12.1 Å². The van der Waals surface area contributed by atoms with E-state index in [4.69, 9.17) is 10.2 Å². The van der Waals surface area contributed by atoms with E-state index < -0.39 is 5.82 Å². The fourth-order valence-electron chi connectivity index (χ4n) is 1.91. The van der Waals surface area contributed by atoms with Crippen LogP contribution in [0.4, 0.5) is 10.1 Å². The van der Waals surface area contributed by atoms with Gasteiger partial charge in [0.25, 0.3) is 0 Å². The van der Waals surface area contributed by atoms with Crippen molar-refractivity contribution in [2.75, 3.05) is 5.73 Å². The number of nitrogen functional groups attached to an aromatic ring is 1. The number of rotatable bonds is 1. The highest BCUT2D eigenvalue weighted by molar-refractivity contribution is 5.80. The zero-order valence-electron chi connectivity index (χ0n) is 9.77. The van der Waals surface area contributed by atoms with Gasteiger partial charge in [-0.25, -0.2) is 9.37 Å². The van der Waals surface area contributed by atoms with E-state index in [0.29, 0.717) is 16.8 Å². The molecular formula is C14H11FN2O. The fourth-order valence-corrected chi connectivity index (χ4v) is 1.91. The summed E-state index contributed by atoms with van der Waals surface area (Å²) in [5.74, 6) is -0.218. The Hall–Kier alpha value is -2.36. The molecule has 4 heteroatoms. The quantitative estimate of drug-likeness (QED) is 0.664. The van der Waals surface area contributed by atoms with Gasteiger partial charge in [0.05, 0.1) is 5.56 Å². The lowest BCUT2D eigenvalue weighted by atomic mass is 10.1. The summed E-state index contributed by atoms with van der Waals surface area (Å²) in [6.45, 7) is 1.96. The van der Waals surface area contributed by atoms with Gasteiger partial charge in [-0.3, -0.25) is 0 Å². The third-order valence-corrected chi connectivity index (χ3v) is 2.80. The normalized spacial score (nSPS) is 11.0. The molecule has 1 aromatic heterocycles. The van der Waals surface area contributed by atoms with Crippen molar-refractivity contribution in [1.29, 1.82) is 0 Å². The van der Waals surface area contributed by atoms with Crippen LogP contribution in [0.25, 0.3) is 22.6 Å². The Balaban J connectivity index is 2.26. The van der Waals surface area contributed by atoms with Gasteiger partial charge >= 0.3 is 0 Å². The standard InChI is InChI=1S/C14H11FN2O/c1-8-5-6-11-12(7-8)18-14(17-11)13-9(15)3-2-4-10(13)16/h2-7H,16H2,1H3. The van der Waals surface area contributed by atoms with Crippen LogP contribution in [0.3, 0.4) is 0 Å². The molecule has 18 heavy (non-hydrogen) atoms. The summed E-state index contributed by atoms with van der Waals surface area (Å²) in [6.07, 6.45) is 0. The van der Waals surface area contributed by atoms with Gasteiger partial charge < -0.3 is 10.2 Å². The van der Waals surface area contributed by atoms with E-state index >= 15 is 0 Å². The first-order valence-electron chi connectivity index (χ1n) is 5.57. The minimum atomic E-state index is -0.432. The molecule has 0 radical (unpaired) electrons. The number of hydrogen-bond acceptors (Lipinski definition) is 3. The van der Waals surface area contributed by atoms with Crippen LogP contribution in [0.5, 0.6) is 0 Å². The highest BCUT2D eigenvalue weighted by atomic mass is 19.1. The molecule has 0 aliphatic rings. The second-order valence-electron chi connectivity index (χ2n) is 4.19. The number of fused-ring (bicyclic) bond motifs is 1. The first-order valence-corrected chi connectivity index (χ1v) is 5.57. The summed E-state index contributed by atoms with van der Waals surface area (Å²) in [6, 6.07) is 10.2. The van der Waals surface area contributed by atoms with Crippen LogP contribution in [0.2, 0.25) is 0 Å². The molecule has 0 fully saturated rings. The first kappa shape index (κ1) is 10.8. The largest absolute Gasteiger partial charge is 0.436 e. The fraction of sp³-hybridized carbons (Fsp3) is 0.0714. The SMILES string of the molecule is Cc1ccc2nc(-c3c(N)cccc3F)oc2c1. The monoisotopic (exact) mass is 242 g/mol. The molecule has 3 nitrogen and oxygen atoms in total. The minimum Gasteiger partial charge on any atom is -0.436 e. The Bertz CT molecular complexity index is 713. The molecule has 3 aromatic rings.